The summed E-state index contributed by atoms with van der Waals surface area (Å²) >= 11 is 0. The third-order valence-corrected chi connectivity index (χ3v) is 2.69. The Morgan fingerprint density at radius 2 is 1.90 bits per heavy atom. The minimum atomic E-state index is -0.205. The molecule has 0 radical (unpaired) electrons. The molecule has 0 atom stereocenters. The van der Waals surface area contributed by atoms with Crippen molar-refractivity contribution in [2.24, 2.45) is 0 Å². The van der Waals surface area contributed by atoms with Gasteiger partial charge < -0.3 is 20.1 Å². The molecule has 0 bridgehead atoms. The molecule has 2 amide bonds. The molecule has 21 heavy (non-hydrogen) atoms. The standard InChI is InChI=1S/C16H24N2O3/c1-4-10-17-16(19)18-11-9-13-7-8-14(20-5-2)15(12-13)21-6-3/h4,7-8,10,12H,5-6,9,11H2,1-3H3,(H2,17,18,19)/b10-4+. The number of urea groups is 1. The van der Waals surface area contributed by atoms with Crippen LogP contribution < -0.4 is 20.1 Å². The van der Waals surface area contributed by atoms with Gasteiger partial charge in [0.05, 0.1) is 13.2 Å². The minimum Gasteiger partial charge on any atom is -0.490 e. The van der Waals surface area contributed by atoms with Crippen molar-refractivity contribution in [2.75, 3.05) is 19.8 Å². The van der Waals surface area contributed by atoms with Crippen molar-refractivity contribution in [3.63, 3.8) is 0 Å². The molecule has 0 aliphatic rings. The Hall–Kier alpha value is -2.17. The van der Waals surface area contributed by atoms with Crippen LogP contribution in [-0.2, 0) is 6.42 Å². The molecule has 0 saturated heterocycles. The fourth-order valence-electron chi connectivity index (χ4n) is 1.78. The Balaban J connectivity index is 2.55. The lowest BCUT2D eigenvalue weighted by Crippen LogP contribution is -2.33. The van der Waals surface area contributed by atoms with E-state index in [9.17, 15) is 4.79 Å². The first-order chi connectivity index (χ1) is 10.2. The summed E-state index contributed by atoms with van der Waals surface area (Å²) in [6, 6.07) is 5.65. The maximum atomic E-state index is 11.4. The third kappa shape index (κ3) is 6.21. The van der Waals surface area contributed by atoms with E-state index in [1.807, 2.05) is 39.0 Å². The van der Waals surface area contributed by atoms with Crippen LogP contribution in [0.15, 0.2) is 30.5 Å². The van der Waals surface area contributed by atoms with Crippen LogP contribution in [0.25, 0.3) is 0 Å². The first-order valence-corrected chi connectivity index (χ1v) is 7.25. The van der Waals surface area contributed by atoms with E-state index in [2.05, 4.69) is 10.6 Å². The van der Waals surface area contributed by atoms with E-state index < -0.39 is 0 Å². The van der Waals surface area contributed by atoms with Gasteiger partial charge >= 0.3 is 6.03 Å². The maximum absolute atomic E-state index is 11.4. The molecule has 1 rings (SSSR count). The van der Waals surface area contributed by atoms with E-state index in [-0.39, 0.29) is 6.03 Å². The molecule has 0 aliphatic heterocycles. The lowest BCUT2D eigenvalue weighted by atomic mass is 10.1. The van der Waals surface area contributed by atoms with Gasteiger partial charge in [0.1, 0.15) is 0 Å². The molecule has 1 aromatic carbocycles. The predicted octanol–water partition coefficient (Wildman–Crippen LogP) is 2.86. The molecule has 0 fully saturated rings. The molecule has 0 saturated carbocycles. The van der Waals surface area contributed by atoms with E-state index in [4.69, 9.17) is 9.47 Å². The Morgan fingerprint density at radius 1 is 1.19 bits per heavy atom. The number of allylic oxidation sites excluding steroid dienone is 1. The summed E-state index contributed by atoms with van der Waals surface area (Å²) < 4.78 is 11.1. The summed E-state index contributed by atoms with van der Waals surface area (Å²) in [7, 11) is 0. The minimum absolute atomic E-state index is 0.205. The summed E-state index contributed by atoms with van der Waals surface area (Å²) in [5.41, 5.74) is 1.09. The average molecular weight is 292 g/mol. The SMILES string of the molecule is C/C=C/NC(=O)NCCc1ccc(OCC)c(OCC)c1. The van der Waals surface area contributed by atoms with E-state index in [1.54, 1.807) is 12.3 Å². The van der Waals surface area contributed by atoms with Crippen LogP contribution >= 0.6 is 0 Å². The van der Waals surface area contributed by atoms with Crippen LogP contribution in [0.3, 0.4) is 0 Å². The lowest BCUT2D eigenvalue weighted by Gasteiger charge is -2.12. The maximum Gasteiger partial charge on any atom is 0.318 e. The van der Waals surface area contributed by atoms with Gasteiger partial charge in [-0.25, -0.2) is 4.79 Å². The van der Waals surface area contributed by atoms with Gasteiger partial charge in [-0.3, -0.25) is 0 Å². The second kappa shape index (κ2) is 9.69. The van der Waals surface area contributed by atoms with Crippen molar-refractivity contribution in [3.05, 3.63) is 36.0 Å². The first-order valence-electron chi connectivity index (χ1n) is 7.25. The van der Waals surface area contributed by atoms with Crippen molar-refractivity contribution in [1.82, 2.24) is 10.6 Å². The molecule has 0 heterocycles. The number of hydrogen-bond acceptors (Lipinski definition) is 3. The zero-order valence-electron chi connectivity index (χ0n) is 12.9. The number of carbonyl (C=O) groups is 1. The van der Waals surface area contributed by atoms with Crippen molar-refractivity contribution in [1.29, 1.82) is 0 Å². The Kier molecular flexibility index (Phi) is 7.79. The van der Waals surface area contributed by atoms with Crippen LogP contribution in [0.4, 0.5) is 4.79 Å². The highest BCUT2D eigenvalue weighted by Gasteiger charge is 2.06. The van der Waals surface area contributed by atoms with Gasteiger partial charge in [-0.1, -0.05) is 12.1 Å². The number of amides is 2. The van der Waals surface area contributed by atoms with Crippen LogP contribution in [0.5, 0.6) is 11.5 Å². The summed E-state index contributed by atoms with van der Waals surface area (Å²) in [5.74, 6) is 1.50. The highest BCUT2D eigenvalue weighted by molar-refractivity contribution is 5.74. The number of benzene rings is 1. The van der Waals surface area contributed by atoms with Gasteiger partial charge in [0.2, 0.25) is 0 Å². The van der Waals surface area contributed by atoms with Crippen molar-refractivity contribution >= 4 is 6.03 Å². The summed E-state index contributed by atoms with van der Waals surface area (Å²) in [4.78, 5) is 11.4. The summed E-state index contributed by atoms with van der Waals surface area (Å²) in [6.45, 7) is 7.48. The van der Waals surface area contributed by atoms with Gasteiger partial charge in [-0.05, 0) is 44.9 Å². The molecule has 0 aliphatic carbocycles. The largest absolute Gasteiger partial charge is 0.490 e. The number of ether oxygens (including phenoxy) is 2. The van der Waals surface area contributed by atoms with Gasteiger partial charge in [0.25, 0.3) is 0 Å². The van der Waals surface area contributed by atoms with Crippen LogP contribution in [0.2, 0.25) is 0 Å². The van der Waals surface area contributed by atoms with E-state index >= 15 is 0 Å². The lowest BCUT2D eigenvalue weighted by molar-refractivity contribution is 0.244. The molecule has 5 nitrogen and oxygen atoms in total. The van der Waals surface area contributed by atoms with E-state index in [1.165, 1.54) is 0 Å². The fraction of sp³-hybridized carbons (Fsp3) is 0.438. The highest BCUT2D eigenvalue weighted by atomic mass is 16.5. The smallest absolute Gasteiger partial charge is 0.318 e. The Bertz CT molecular complexity index is 473. The number of nitrogens with one attached hydrogen (secondary N) is 2. The number of carbonyl (C=O) groups excluding carboxylic acids is 1. The van der Waals surface area contributed by atoms with Crippen molar-refractivity contribution < 1.29 is 14.3 Å². The molecular weight excluding hydrogens is 268 g/mol. The molecule has 0 unspecified atom stereocenters. The van der Waals surface area contributed by atoms with Crippen molar-refractivity contribution in [2.45, 2.75) is 27.2 Å². The second-order valence-corrected chi connectivity index (χ2v) is 4.30. The molecule has 5 heteroatoms. The third-order valence-electron chi connectivity index (χ3n) is 2.69. The van der Waals surface area contributed by atoms with E-state index in [0.29, 0.717) is 19.8 Å². The number of hydrogen-bond donors (Lipinski definition) is 2. The Labute approximate surface area is 126 Å². The molecule has 0 aromatic heterocycles. The Morgan fingerprint density at radius 3 is 2.57 bits per heavy atom. The quantitative estimate of drug-likeness (QED) is 0.774. The molecule has 116 valence electrons. The number of rotatable bonds is 8. The zero-order valence-corrected chi connectivity index (χ0v) is 12.9. The summed E-state index contributed by atoms with van der Waals surface area (Å²) in [6.07, 6.45) is 4.09. The zero-order chi connectivity index (χ0) is 15.5. The topological polar surface area (TPSA) is 59.6 Å². The van der Waals surface area contributed by atoms with Gasteiger partial charge in [-0.2, -0.15) is 0 Å². The highest BCUT2D eigenvalue weighted by Crippen LogP contribution is 2.28. The van der Waals surface area contributed by atoms with Crippen LogP contribution in [-0.4, -0.2) is 25.8 Å². The van der Waals surface area contributed by atoms with Crippen molar-refractivity contribution in [3.8, 4) is 11.5 Å². The second-order valence-electron chi connectivity index (χ2n) is 4.30. The summed E-state index contributed by atoms with van der Waals surface area (Å²) in [5, 5.41) is 5.38. The molecule has 1 aromatic rings. The first kappa shape index (κ1) is 16.9. The van der Waals surface area contributed by atoms with Gasteiger partial charge in [0.15, 0.2) is 11.5 Å². The average Bonchev–Trinajstić information content (AvgIpc) is 2.48. The van der Waals surface area contributed by atoms with Gasteiger partial charge in [0, 0.05) is 12.7 Å². The molecular formula is C16H24N2O3. The van der Waals surface area contributed by atoms with Crippen LogP contribution in [0, 0.1) is 0 Å². The monoisotopic (exact) mass is 292 g/mol. The van der Waals surface area contributed by atoms with E-state index in [0.717, 1.165) is 23.5 Å². The van der Waals surface area contributed by atoms with Gasteiger partial charge in [-0.15, -0.1) is 0 Å². The fourth-order valence-corrected chi connectivity index (χ4v) is 1.78. The predicted molar refractivity (Wildman–Crippen MR) is 83.8 cm³/mol. The normalized spacial score (nSPS) is 10.4. The molecule has 0 spiro atoms. The molecule has 2 N–H and O–H groups in total. The van der Waals surface area contributed by atoms with Crippen LogP contribution in [0.1, 0.15) is 26.3 Å².